The van der Waals surface area contributed by atoms with Gasteiger partial charge in [0, 0.05) is 18.3 Å². The fourth-order valence-electron chi connectivity index (χ4n) is 2.67. The van der Waals surface area contributed by atoms with Gasteiger partial charge in [0.15, 0.2) is 0 Å². The summed E-state index contributed by atoms with van der Waals surface area (Å²) < 4.78 is 5.47. The Hall–Kier alpha value is -3.08. The van der Waals surface area contributed by atoms with E-state index in [1.807, 2.05) is 56.3 Å². The molecule has 0 fully saturated rings. The van der Waals surface area contributed by atoms with Crippen molar-refractivity contribution < 1.29 is 4.74 Å². The Bertz CT molecular complexity index is 862. The van der Waals surface area contributed by atoms with Crippen LogP contribution in [0.15, 0.2) is 54.6 Å². The molecule has 1 aromatic heterocycles. The van der Waals surface area contributed by atoms with Gasteiger partial charge in [0.1, 0.15) is 23.2 Å². The molecule has 5 heteroatoms. The average molecular weight is 348 g/mol. The van der Waals surface area contributed by atoms with Gasteiger partial charge in [-0.15, -0.1) is 0 Å². The Labute approximate surface area is 154 Å². The average Bonchev–Trinajstić information content (AvgIpc) is 2.62. The van der Waals surface area contributed by atoms with E-state index >= 15 is 0 Å². The highest BCUT2D eigenvalue weighted by atomic mass is 16.5. The molecule has 0 saturated heterocycles. The van der Waals surface area contributed by atoms with E-state index in [9.17, 15) is 0 Å². The van der Waals surface area contributed by atoms with Crippen molar-refractivity contribution in [3.63, 3.8) is 0 Å². The van der Waals surface area contributed by atoms with Crippen LogP contribution in [0.25, 0.3) is 0 Å². The Balaban J connectivity index is 1.70. The van der Waals surface area contributed by atoms with Crippen LogP contribution in [-0.4, -0.2) is 16.6 Å². The molecule has 3 rings (SSSR count). The van der Waals surface area contributed by atoms with Gasteiger partial charge in [-0.1, -0.05) is 24.3 Å². The summed E-state index contributed by atoms with van der Waals surface area (Å²) in [7, 11) is 0. The lowest BCUT2D eigenvalue weighted by atomic mass is 10.1. The van der Waals surface area contributed by atoms with E-state index in [0.717, 1.165) is 29.6 Å². The van der Waals surface area contributed by atoms with E-state index in [-0.39, 0.29) is 0 Å². The second-order valence-electron chi connectivity index (χ2n) is 6.05. The summed E-state index contributed by atoms with van der Waals surface area (Å²) in [6.07, 6.45) is 0. The first-order valence-electron chi connectivity index (χ1n) is 8.78. The molecule has 0 bridgehead atoms. The van der Waals surface area contributed by atoms with Gasteiger partial charge in [0.2, 0.25) is 0 Å². The molecule has 0 saturated carbocycles. The lowest BCUT2D eigenvalue weighted by molar-refractivity contribution is 0.340. The molecule has 0 unspecified atom stereocenters. The van der Waals surface area contributed by atoms with Gasteiger partial charge in [-0.2, -0.15) is 0 Å². The molecular formula is C21H24N4O. The van der Waals surface area contributed by atoms with E-state index in [2.05, 4.69) is 39.7 Å². The Morgan fingerprint density at radius 2 is 1.65 bits per heavy atom. The maximum Gasteiger partial charge on any atom is 0.136 e. The number of hydrogen-bond donors (Lipinski definition) is 2. The van der Waals surface area contributed by atoms with Crippen molar-refractivity contribution in [3.8, 4) is 5.75 Å². The van der Waals surface area contributed by atoms with Crippen LogP contribution in [0.1, 0.15) is 23.9 Å². The normalized spacial score (nSPS) is 10.4. The van der Waals surface area contributed by atoms with E-state index in [0.29, 0.717) is 12.4 Å². The summed E-state index contributed by atoms with van der Waals surface area (Å²) in [5.74, 6) is 3.13. The summed E-state index contributed by atoms with van der Waals surface area (Å²) >= 11 is 0. The number of rotatable bonds is 7. The van der Waals surface area contributed by atoms with E-state index in [1.165, 1.54) is 11.1 Å². The number of anilines is 3. The fraction of sp³-hybridized carbons (Fsp3) is 0.238. The van der Waals surface area contributed by atoms with Gasteiger partial charge in [-0.05, 0) is 56.2 Å². The van der Waals surface area contributed by atoms with Gasteiger partial charge in [-0.3, -0.25) is 0 Å². The molecule has 5 nitrogen and oxygen atoms in total. The van der Waals surface area contributed by atoms with Crippen LogP contribution in [0.5, 0.6) is 5.75 Å². The molecule has 0 amide bonds. The number of aryl methyl sites for hydroxylation is 2. The zero-order valence-corrected chi connectivity index (χ0v) is 15.4. The monoisotopic (exact) mass is 348 g/mol. The minimum Gasteiger partial charge on any atom is -0.494 e. The molecule has 0 spiro atoms. The van der Waals surface area contributed by atoms with E-state index in [1.54, 1.807) is 0 Å². The lowest BCUT2D eigenvalue weighted by Crippen LogP contribution is -2.06. The van der Waals surface area contributed by atoms with Crippen LogP contribution in [0, 0.1) is 13.8 Å². The molecule has 2 N–H and O–H groups in total. The second kappa shape index (κ2) is 8.34. The summed E-state index contributed by atoms with van der Waals surface area (Å²) in [5, 5.41) is 6.70. The smallest absolute Gasteiger partial charge is 0.136 e. The number of nitrogens with one attached hydrogen (secondary N) is 2. The summed E-state index contributed by atoms with van der Waals surface area (Å²) in [6.45, 7) is 7.37. The molecule has 134 valence electrons. The molecule has 0 radical (unpaired) electrons. The minimum atomic E-state index is 0.661. The topological polar surface area (TPSA) is 59.1 Å². The van der Waals surface area contributed by atoms with Crippen LogP contribution in [0.4, 0.5) is 17.3 Å². The number of aromatic nitrogens is 2. The minimum absolute atomic E-state index is 0.661. The number of benzene rings is 2. The van der Waals surface area contributed by atoms with Crippen LogP contribution in [-0.2, 0) is 6.54 Å². The van der Waals surface area contributed by atoms with Gasteiger partial charge in [0.25, 0.3) is 0 Å². The molecule has 0 aliphatic carbocycles. The van der Waals surface area contributed by atoms with Crippen molar-refractivity contribution in [2.24, 2.45) is 0 Å². The largest absolute Gasteiger partial charge is 0.494 e. The summed E-state index contributed by atoms with van der Waals surface area (Å²) in [5.41, 5.74) is 3.47. The van der Waals surface area contributed by atoms with E-state index in [4.69, 9.17) is 4.74 Å². The third kappa shape index (κ3) is 4.72. The van der Waals surface area contributed by atoms with Gasteiger partial charge < -0.3 is 15.4 Å². The number of nitrogens with zero attached hydrogens (tertiary/aromatic N) is 2. The summed E-state index contributed by atoms with van der Waals surface area (Å²) in [6, 6.07) is 18.1. The third-order valence-corrected chi connectivity index (χ3v) is 4.00. The van der Waals surface area contributed by atoms with Crippen molar-refractivity contribution in [1.29, 1.82) is 0 Å². The molecule has 0 aliphatic rings. The first-order valence-corrected chi connectivity index (χ1v) is 8.78. The Kier molecular flexibility index (Phi) is 5.69. The Morgan fingerprint density at radius 1 is 0.923 bits per heavy atom. The lowest BCUT2D eigenvalue weighted by Gasteiger charge is -2.12. The molecule has 3 aromatic rings. The molecular weight excluding hydrogens is 324 g/mol. The van der Waals surface area contributed by atoms with Crippen LogP contribution < -0.4 is 15.4 Å². The highest BCUT2D eigenvalue weighted by Gasteiger charge is 2.04. The van der Waals surface area contributed by atoms with Crippen molar-refractivity contribution in [1.82, 2.24) is 9.97 Å². The van der Waals surface area contributed by atoms with Gasteiger partial charge in [-0.25, -0.2) is 9.97 Å². The molecule has 2 aromatic carbocycles. The number of ether oxygens (including phenoxy) is 1. The first kappa shape index (κ1) is 17.7. The first-order chi connectivity index (χ1) is 12.6. The number of hydrogen-bond acceptors (Lipinski definition) is 5. The highest BCUT2D eigenvalue weighted by Crippen LogP contribution is 2.21. The van der Waals surface area contributed by atoms with Crippen molar-refractivity contribution in [2.75, 3.05) is 17.2 Å². The SMILES string of the molecule is CCOc1ccc(Nc2cc(NCc3ccccc3C)nc(C)n2)cc1. The standard InChI is InChI=1S/C21H24N4O/c1-4-26-19-11-9-18(10-12-19)25-21-13-20(23-16(3)24-21)22-14-17-8-6-5-7-15(17)2/h5-13H,4,14H2,1-3H3,(H2,22,23,24,25). The highest BCUT2D eigenvalue weighted by molar-refractivity contribution is 5.60. The van der Waals surface area contributed by atoms with Gasteiger partial charge >= 0.3 is 0 Å². The third-order valence-electron chi connectivity index (χ3n) is 4.00. The predicted molar refractivity (Wildman–Crippen MR) is 106 cm³/mol. The van der Waals surface area contributed by atoms with Crippen LogP contribution >= 0.6 is 0 Å². The maximum absolute atomic E-state index is 5.47. The summed E-state index contributed by atoms with van der Waals surface area (Å²) in [4.78, 5) is 8.94. The van der Waals surface area contributed by atoms with Crippen molar-refractivity contribution >= 4 is 17.3 Å². The van der Waals surface area contributed by atoms with Crippen molar-refractivity contribution in [2.45, 2.75) is 27.3 Å². The van der Waals surface area contributed by atoms with Crippen LogP contribution in [0.2, 0.25) is 0 Å². The fourth-order valence-corrected chi connectivity index (χ4v) is 2.67. The maximum atomic E-state index is 5.47. The van der Waals surface area contributed by atoms with Crippen molar-refractivity contribution in [3.05, 3.63) is 71.5 Å². The van der Waals surface area contributed by atoms with Crippen LogP contribution in [0.3, 0.4) is 0 Å². The quantitative estimate of drug-likeness (QED) is 0.639. The molecule has 0 aliphatic heterocycles. The predicted octanol–water partition coefficient (Wildman–Crippen LogP) is 4.85. The Morgan fingerprint density at radius 3 is 2.38 bits per heavy atom. The molecule has 26 heavy (non-hydrogen) atoms. The van der Waals surface area contributed by atoms with E-state index < -0.39 is 0 Å². The zero-order chi connectivity index (χ0) is 18.4. The second-order valence-corrected chi connectivity index (χ2v) is 6.05. The van der Waals surface area contributed by atoms with Gasteiger partial charge in [0.05, 0.1) is 6.61 Å². The zero-order valence-electron chi connectivity index (χ0n) is 15.4. The molecule has 0 atom stereocenters. The molecule has 1 heterocycles.